The molecule has 0 unspecified atom stereocenters. The number of sulfonamides is 2. The lowest BCUT2D eigenvalue weighted by Crippen LogP contribution is -2.30. The first-order valence-electron chi connectivity index (χ1n) is 7.40. The molecule has 0 saturated carbocycles. The molecular formula is C14H18N2O5S2. The minimum absolute atomic E-state index is 0.111. The summed E-state index contributed by atoms with van der Waals surface area (Å²) in [6.45, 7) is 2.56. The van der Waals surface area contributed by atoms with Crippen molar-refractivity contribution in [2.24, 2.45) is 5.92 Å². The summed E-state index contributed by atoms with van der Waals surface area (Å²) in [5, 5.41) is 0. The van der Waals surface area contributed by atoms with Crippen LogP contribution in [0, 0.1) is 5.92 Å². The molecule has 3 rings (SSSR count). The second kappa shape index (κ2) is 5.57. The highest BCUT2D eigenvalue weighted by molar-refractivity contribution is 7.94. The predicted molar refractivity (Wildman–Crippen MR) is 84.9 cm³/mol. The molecule has 1 aromatic carbocycles. The number of anilines is 1. The molecule has 2 fully saturated rings. The van der Waals surface area contributed by atoms with E-state index in [1.54, 1.807) is 6.92 Å². The molecule has 2 aliphatic rings. The average molecular weight is 358 g/mol. The Hall–Kier alpha value is -1.45. The summed E-state index contributed by atoms with van der Waals surface area (Å²) in [6, 6.07) is 5.45. The maximum absolute atomic E-state index is 12.4. The molecule has 7 nitrogen and oxygen atoms in total. The summed E-state index contributed by atoms with van der Waals surface area (Å²) in [5.74, 6) is -1.30. The van der Waals surface area contributed by atoms with Crippen molar-refractivity contribution in [3.63, 3.8) is 0 Å². The fraction of sp³-hybridized carbons (Fsp3) is 0.500. The van der Waals surface area contributed by atoms with Gasteiger partial charge in [0.25, 0.3) is 0 Å². The van der Waals surface area contributed by atoms with Crippen LogP contribution in [0.25, 0.3) is 0 Å². The summed E-state index contributed by atoms with van der Waals surface area (Å²) in [7, 11) is -7.23. The fourth-order valence-electron chi connectivity index (χ4n) is 2.92. The Labute approximate surface area is 136 Å². The quantitative estimate of drug-likeness (QED) is 0.796. The Bertz CT molecular complexity index is 824. The second-order valence-corrected chi connectivity index (χ2v) is 9.69. The summed E-state index contributed by atoms with van der Waals surface area (Å²) in [4.78, 5) is 12.1. The average Bonchev–Trinajstić information content (AvgIpc) is 3.07. The van der Waals surface area contributed by atoms with Gasteiger partial charge in [-0.05, 0) is 37.1 Å². The van der Waals surface area contributed by atoms with Crippen LogP contribution < -0.4 is 4.31 Å². The van der Waals surface area contributed by atoms with Crippen LogP contribution in [0.4, 0.5) is 5.69 Å². The molecule has 0 spiro atoms. The lowest BCUT2D eigenvalue weighted by Gasteiger charge is -2.18. The predicted octanol–water partition coefficient (Wildman–Crippen LogP) is 0.784. The Balaban J connectivity index is 1.92. The first-order valence-corrected chi connectivity index (χ1v) is 10.5. The van der Waals surface area contributed by atoms with Crippen LogP contribution in [0.1, 0.15) is 19.8 Å². The van der Waals surface area contributed by atoms with Crippen LogP contribution >= 0.6 is 0 Å². The highest BCUT2D eigenvalue weighted by Gasteiger charge is 2.42. The van der Waals surface area contributed by atoms with Gasteiger partial charge in [-0.2, -0.15) is 4.31 Å². The molecule has 2 heterocycles. The highest BCUT2D eigenvalue weighted by atomic mass is 32.2. The van der Waals surface area contributed by atoms with Crippen LogP contribution in [-0.4, -0.2) is 45.9 Å². The summed E-state index contributed by atoms with van der Waals surface area (Å²) in [5.41, 5.74) is 0.180. The van der Waals surface area contributed by atoms with E-state index in [4.69, 9.17) is 0 Å². The number of hydrogen-bond donors (Lipinski definition) is 0. The minimum atomic E-state index is -3.68. The van der Waals surface area contributed by atoms with E-state index in [2.05, 4.69) is 0 Å². The topological polar surface area (TPSA) is 91.8 Å². The third kappa shape index (κ3) is 2.77. The number of rotatable bonds is 3. The van der Waals surface area contributed by atoms with Crippen molar-refractivity contribution in [2.45, 2.75) is 24.7 Å². The van der Waals surface area contributed by atoms with E-state index >= 15 is 0 Å². The van der Waals surface area contributed by atoms with Crippen LogP contribution in [-0.2, 0) is 24.8 Å². The summed E-state index contributed by atoms with van der Waals surface area (Å²) in [6.07, 6.45) is 1.69. The van der Waals surface area contributed by atoms with Gasteiger partial charge in [-0.3, -0.25) is 4.79 Å². The van der Waals surface area contributed by atoms with Gasteiger partial charge in [0.15, 0.2) is 0 Å². The van der Waals surface area contributed by atoms with Gasteiger partial charge >= 0.3 is 0 Å². The van der Waals surface area contributed by atoms with E-state index in [0.717, 1.165) is 17.1 Å². The molecule has 1 atom stereocenters. The molecule has 2 aliphatic heterocycles. The molecule has 23 heavy (non-hydrogen) atoms. The van der Waals surface area contributed by atoms with Gasteiger partial charge in [-0.15, -0.1) is 0 Å². The monoisotopic (exact) mass is 358 g/mol. The molecule has 0 bridgehead atoms. The van der Waals surface area contributed by atoms with Gasteiger partial charge in [0.05, 0.1) is 22.3 Å². The minimum Gasteiger partial charge on any atom is -0.273 e. The molecule has 2 saturated heterocycles. The highest BCUT2D eigenvalue weighted by Crippen LogP contribution is 2.30. The van der Waals surface area contributed by atoms with Crippen molar-refractivity contribution in [3.05, 3.63) is 24.3 Å². The van der Waals surface area contributed by atoms with Crippen molar-refractivity contribution in [3.8, 4) is 0 Å². The SMILES string of the molecule is C[C@@H]1CS(=O)(=O)N(c2ccc(S(=O)(=O)N3CCCC3)cc2)C1=O. The van der Waals surface area contributed by atoms with Crippen molar-refractivity contribution >= 4 is 31.6 Å². The Kier molecular flexibility index (Phi) is 3.97. The molecule has 0 radical (unpaired) electrons. The van der Waals surface area contributed by atoms with Gasteiger partial charge in [0.1, 0.15) is 0 Å². The number of amides is 1. The van der Waals surface area contributed by atoms with Crippen molar-refractivity contribution in [1.82, 2.24) is 4.31 Å². The Morgan fingerprint density at radius 1 is 1.09 bits per heavy atom. The van der Waals surface area contributed by atoms with E-state index in [1.165, 1.54) is 28.6 Å². The smallest absolute Gasteiger partial charge is 0.244 e. The van der Waals surface area contributed by atoms with Crippen molar-refractivity contribution in [2.75, 3.05) is 23.1 Å². The number of hydrogen-bond acceptors (Lipinski definition) is 5. The molecule has 1 aromatic rings. The lowest BCUT2D eigenvalue weighted by molar-refractivity contribution is -0.119. The van der Waals surface area contributed by atoms with Gasteiger partial charge in [-0.25, -0.2) is 21.1 Å². The standard InChI is InChI=1S/C14H18N2O5S2/c1-11-10-22(18,19)16(14(11)17)12-4-6-13(7-5-12)23(20,21)15-8-2-3-9-15/h4-7,11H,2-3,8-10H2,1H3/t11-/m1/s1. The van der Waals surface area contributed by atoms with E-state index in [0.29, 0.717) is 13.1 Å². The zero-order valence-corrected chi connectivity index (χ0v) is 14.3. The molecule has 0 aromatic heterocycles. The van der Waals surface area contributed by atoms with Crippen LogP contribution in [0.15, 0.2) is 29.2 Å². The molecule has 1 amide bonds. The lowest BCUT2D eigenvalue weighted by atomic mass is 10.2. The van der Waals surface area contributed by atoms with Gasteiger partial charge < -0.3 is 0 Å². The number of nitrogens with zero attached hydrogens (tertiary/aromatic N) is 2. The number of carbonyl (C=O) groups excluding carboxylic acids is 1. The van der Waals surface area contributed by atoms with Crippen molar-refractivity contribution < 1.29 is 21.6 Å². The van der Waals surface area contributed by atoms with Crippen LogP contribution in [0.2, 0.25) is 0 Å². The Morgan fingerprint density at radius 3 is 2.13 bits per heavy atom. The molecule has 0 aliphatic carbocycles. The van der Waals surface area contributed by atoms with E-state index in [9.17, 15) is 21.6 Å². The van der Waals surface area contributed by atoms with Gasteiger partial charge in [0.2, 0.25) is 26.0 Å². The van der Waals surface area contributed by atoms with E-state index in [-0.39, 0.29) is 16.3 Å². The van der Waals surface area contributed by atoms with Gasteiger partial charge in [0, 0.05) is 13.1 Å². The molecular weight excluding hydrogens is 340 g/mol. The van der Waals surface area contributed by atoms with Gasteiger partial charge in [-0.1, -0.05) is 6.92 Å². The number of benzene rings is 1. The van der Waals surface area contributed by atoms with Crippen LogP contribution in [0.3, 0.4) is 0 Å². The maximum atomic E-state index is 12.4. The second-order valence-electron chi connectivity index (χ2n) is 5.89. The molecule has 9 heteroatoms. The zero-order valence-electron chi connectivity index (χ0n) is 12.7. The zero-order chi connectivity index (χ0) is 16.8. The first-order chi connectivity index (χ1) is 10.7. The Morgan fingerprint density at radius 2 is 1.65 bits per heavy atom. The molecule has 0 N–H and O–H groups in total. The fourth-order valence-corrected chi connectivity index (χ4v) is 6.26. The van der Waals surface area contributed by atoms with Crippen molar-refractivity contribution in [1.29, 1.82) is 0 Å². The van der Waals surface area contributed by atoms with Crippen LogP contribution in [0.5, 0.6) is 0 Å². The normalized spacial score (nSPS) is 25.2. The number of carbonyl (C=O) groups is 1. The van der Waals surface area contributed by atoms with E-state index < -0.39 is 31.9 Å². The first kappa shape index (κ1) is 16.4. The summed E-state index contributed by atoms with van der Waals surface area (Å²) >= 11 is 0. The van der Waals surface area contributed by atoms with E-state index in [1.807, 2.05) is 0 Å². The largest absolute Gasteiger partial charge is 0.273 e. The molecule has 126 valence electrons. The third-order valence-electron chi connectivity index (χ3n) is 4.13. The third-order valence-corrected chi connectivity index (χ3v) is 7.92. The maximum Gasteiger partial charge on any atom is 0.244 e. The summed E-state index contributed by atoms with van der Waals surface area (Å²) < 4.78 is 51.2.